The van der Waals surface area contributed by atoms with E-state index in [1.54, 1.807) is 12.3 Å². The van der Waals surface area contributed by atoms with Crippen LogP contribution in [0.5, 0.6) is 5.75 Å². The summed E-state index contributed by atoms with van der Waals surface area (Å²) in [6.07, 6.45) is 1.63. The van der Waals surface area contributed by atoms with Crippen LogP contribution in [0.1, 0.15) is 47.3 Å². The summed E-state index contributed by atoms with van der Waals surface area (Å²) in [5, 5.41) is 4.53. The van der Waals surface area contributed by atoms with E-state index in [4.69, 9.17) is 13.9 Å². The molecule has 1 atom stereocenters. The lowest BCUT2D eigenvalue weighted by atomic mass is 9.98. The number of aryl methyl sites for hydroxylation is 1. The predicted molar refractivity (Wildman–Crippen MR) is 129 cm³/mol. The first-order chi connectivity index (χ1) is 16.0. The maximum absolute atomic E-state index is 11.6. The van der Waals surface area contributed by atoms with E-state index in [9.17, 15) is 4.79 Å². The highest BCUT2D eigenvalue weighted by atomic mass is 16.5. The number of carbonyl (C=O) groups is 1. The van der Waals surface area contributed by atoms with Gasteiger partial charge in [-0.2, -0.15) is 0 Å². The number of hydrogen-bond donors (Lipinski definition) is 1. The van der Waals surface area contributed by atoms with Gasteiger partial charge in [0, 0.05) is 10.9 Å². The van der Waals surface area contributed by atoms with Crippen LogP contribution < -0.4 is 10.1 Å². The first-order valence-electron chi connectivity index (χ1n) is 11.0. The normalized spacial score (nSPS) is 12.0. The van der Waals surface area contributed by atoms with Crippen molar-refractivity contribution in [2.45, 2.75) is 33.4 Å². The van der Waals surface area contributed by atoms with Gasteiger partial charge in [0.25, 0.3) is 0 Å². The van der Waals surface area contributed by atoms with Gasteiger partial charge in [-0.25, -0.2) is 9.78 Å². The molecule has 0 aliphatic rings. The first kappa shape index (κ1) is 22.4. The maximum atomic E-state index is 11.6. The Morgan fingerprint density at radius 2 is 1.88 bits per heavy atom. The van der Waals surface area contributed by atoms with Gasteiger partial charge in [-0.3, -0.25) is 0 Å². The van der Waals surface area contributed by atoms with Gasteiger partial charge in [-0.05, 0) is 48.7 Å². The van der Waals surface area contributed by atoms with Crippen molar-refractivity contribution < 1.29 is 18.7 Å². The fraction of sp³-hybridized carbons (Fsp3) is 0.259. The van der Waals surface area contributed by atoms with E-state index in [1.165, 1.54) is 7.11 Å². The summed E-state index contributed by atoms with van der Waals surface area (Å²) in [5.74, 6) is 1.47. The average molecular weight is 445 g/mol. The molecule has 0 saturated heterocycles. The van der Waals surface area contributed by atoms with Crippen LogP contribution in [0, 0.1) is 12.8 Å². The smallest absolute Gasteiger partial charge is 0.356 e. The molecule has 1 unspecified atom stereocenters. The molecule has 0 fully saturated rings. The number of nitrogens with zero attached hydrogens (tertiary/aromatic N) is 1. The second-order valence-corrected chi connectivity index (χ2v) is 8.31. The topological polar surface area (TPSA) is 73.6 Å². The number of carbonyl (C=O) groups excluding carboxylic acids is 1. The Balaban J connectivity index is 1.57. The predicted octanol–water partition coefficient (Wildman–Crippen LogP) is 6.31. The van der Waals surface area contributed by atoms with Gasteiger partial charge in [0.1, 0.15) is 29.4 Å². The molecule has 0 radical (unpaired) electrons. The number of ether oxygens (including phenoxy) is 2. The number of benzene rings is 2. The average Bonchev–Trinajstić information content (AvgIpc) is 3.17. The molecule has 4 rings (SSSR count). The number of anilines is 1. The van der Waals surface area contributed by atoms with Gasteiger partial charge in [0.05, 0.1) is 25.0 Å². The third-order valence-corrected chi connectivity index (χ3v) is 5.62. The summed E-state index contributed by atoms with van der Waals surface area (Å²) >= 11 is 0. The highest BCUT2D eigenvalue weighted by molar-refractivity contribution is 5.87. The van der Waals surface area contributed by atoms with Gasteiger partial charge in [-0.1, -0.05) is 44.2 Å². The van der Waals surface area contributed by atoms with Crippen molar-refractivity contribution in [3.05, 3.63) is 89.4 Å². The van der Waals surface area contributed by atoms with Gasteiger partial charge < -0.3 is 19.2 Å². The zero-order valence-corrected chi connectivity index (χ0v) is 19.3. The Labute approximate surface area is 193 Å². The molecule has 0 spiro atoms. The van der Waals surface area contributed by atoms with E-state index in [0.717, 1.165) is 39.3 Å². The molecule has 6 heteroatoms. The maximum Gasteiger partial charge on any atom is 0.356 e. The van der Waals surface area contributed by atoms with E-state index in [0.29, 0.717) is 6.61 Å². The summed E-state index contributed by atoms with van der Waals surface area (Å²) in [4.78, 5) is 15.8. The summed E-state index contributed by atoms with van der Waals surface area (Å²) < 4.78 is 17.0. The minimum absolute atomic E-state index is 0.0723. The van der Waals surface area contributed by atoms with Crippen molar-refractivity contribution in [2.24, 2.45) is 5.92 Å². The van der Waals surface area contributed by atoms with Crippen LogP contribution >= 0.6 is 0 Å². The van der Waals surface area contributed by atoms with E-state index in [1.807, 2.05) is 54.6 Å². The fourth-order valence-electron chi connectivity index (χ4n) is 3.77. The van der Waals surface area contributed by atoms with Crippen molar-refractivity contribution in [1.82, 2.24) is 4.98 Å². The first-order valence-corrected chi connectivity index (χ1v) is 11.0. The molecule has 170 valence electrons. The molecular weight excluding hydrogens is 416 g/mol. The number of nitrogens with one attached hydrogen (secondary N) is 1. The van der Waals surface area contributed by atoms with Crippen LogP contribution in [-0.2, 0) is 11.3 Å². The zero-order valence-electron chi connectivity index (χ0n) is 19.3. The lowest BCUT2D eigenvalue weighted by molar-refractivity contribution is 0.0594. The number of esters is 1. The quantitative estimate of drug-likeness (QED) is 0.321. The highest BCUT2D eigenvalue weighted by Gasteiger charge is 2.24. The number of methoxy groups -OCH3 is 1. The number of rotatable bonds is 8. The second kappa shape index (κ2) is 9.77. The van der Waals surface area contributed by atoms with Gasteiger partial charge >= 0.3 is 5.97 Å². The molecule has 0 aliphatic carbocycles. The van der Waals surface area contributed by atoms with Crippen molar-refractivity contribution in [1.29, 1.82) is 0 Å². The second-order valence-electron chi connectivity index (χ2n) is 8.31. The van der Waals surface area contributed by atoms with Crippen molar-refractivity contribution in [2.75, 3.05) is 12.4 Å². The zero-order chi connectivity index (χ0) is 23.4. The van der Waals surface area contributed by atoms with Crippen molar-refractivity contribution >= 4 is 22.6 Å². The monoisotopic (exact) mass is 444 g/mol. The number of furan rings is 1. The molecule has 0 aliphatic heterocycles. The molecule has 2 heterocycles. The van der Waals surface area contributed by atoms with Gasteiger partial charge in [0.15, 0.2) is 0 Å². The summed E-state index contributed by atoms with van der Waals surface area (Å²) in [5.41, 5.74) is 4.08. The van der Waals surface area contributed by atoms with Crippen LogP contribution in [0.4, 0.5) is 5.69 Å². The van der Waals surface area contributed by atoms with Crippen LogP contribution in [0.25, 0.3) is 11.0 Å². The molecule has 6 nitrogen and oxygen atoms in total. The molecule has 2 aromatic heterocycles. The van der Waals surface area contributed by atoms with Crippen molar-refractivity contribution in [3.63, 3.8) is 0 Å². The Morgan fingerprint density at radius 3 is 2.55 bits per heavy atom. The lowest BCUT2D eigenvalue weighted by Gasteiger charge is -2.22. The largest absolute Gasteiger partial charge is 0.489 e. The highest BCUT2D eigenvalue weighted by Crippen LogP contribution is 2.36. The van der Waals surface area contributed by atoms with Crippen LogP contribution in [0.3, 0.4) is 0 Å². The standard InChI is InChI=1S/C27H28N2O4/c1-17(2)25(29-20-10-12-23(28-15-20)27(30)31-4)26-18(3)22-14-21(11-13-24(22)33-26)32-16-19-8-6-5-7-9-19/h5-15,17,25,29H,16H2,1-4H3. The van der Waals surface area contributed by atoms with Gasteiger partial charge in [0.2, 0.25) is 0 Å². The SMILES string of the molecule is COC(=O)c1ccc(NC(c2oc3ccc(OCc4ccccc4)cc3c2C)C(C)C)cn1. The molecule has 0 amide bonds. The van der Waals surface area contributed by atoms with Crippen LogP contribution in [0.2, 0.25) is 0 Å². The van der Waals surface area contributed by atoms with Gasteiger partial charge in [-0.15, -0.1) is 0 Å². The molecule has 1 N–H and O–H groups in total. The van der Waals surface area contributed by atoms with E-state index in [-0.39, 0.29) is 17.7 Å². The van der Waals surface area contributed by atoms with Crippen LogP contribution in [-0.4, -0.2) is 18.1 Å². The number of pyridine rings is 1. The number of fused-ring (bicyclic) bond motifs is 1. The minimum atomic E-state index is -0.458. The third kappa shape index (κ3) is 5.00. The number of aromatic nitrogens is 1. The lowest BCUT2D eigenvalue weighted by Crippen LogP contribution is -2.17. The Morgan fingerprint density at radius 1 is 1.09 bits per heavy atom. The summed E-state index contributed by atoms with van der Waals surface area (Å²) in [7, 11) is 1.34. The molecule has 2 aromatic carbocycles. The molecule has 33 heavy (non-hydrogen) atoms. The molecule has 4 aromatic rings. The Hall–Kier alpha value is -3.80. The Bertz CT molecular complexity index is 1230. The van der Waals surface area contributed by atoms with Crippen LogP contribution in [0.15, 0.2) is 71.3 Å². The number of hydrogen-bond acceptors (Lipinski definition) is 6. The Kier molecular flexibility index (Phi) is 6.63. The van der Waals surface area contributed by atoms with Crippen molar-refractivity contribution in [3.8, 4) is 5.75 Å². The summed E-state index contributed by atoms with van der Waals surface area (Å²) in [6, 6.07) is 19.4. The summed E-state index contributed by atoms with van der Waals surface area (Å²) in [6.45, 7) is 6.85. The molecular formula is C27H28N2O4. The third-order valence-electron chi connectivity index (χ3n) is 5.62. The van der Waals surface area contributed by atoms with E-state index >= 15 is 0 Å². The minimum Gasteiger partial charge on any atom is -0.489 e. The molecule has 0 bridgehead atoms. The van der Waals surface area contributed by atoms with E-state index < -0.39 is 5.97 Å². The molecule has 0 saturated carbocycles. The van der Waals surface area contributed by atoms with E-state index in [2.05, 4.69) is 31.1 Å². The fourth-order valence-corrected chi connectivity index (χ4v) is 3.77.